The normalized spacial score (nSPS) is 30.8. The summed E-state index contributed by atoms with van der Waals surface area (Å²) in [7, 11) is 5.44. The van der Waals surface area contributed by atoms with E-state index in [0.717, 1.165) is 12.8 Å². The Balaban J connectivity index is 2.95. The van der Waals surface area contributed by atoms with Gasteiger partial charge in [0, 0.05) is 18.9 Å². The zero-order valence-corrected chi connectivity index (χ0v) is 13.6. The summed E-state index contributed by atoms with van der Waals surface area (Å²) in [5.74, 6) is 0.391. The van der Waals surface area contributed by atoms with Crippen LogP contribution in [0.15, 0.2) is 0 Å². The maximum atomic E-state index is 12.8. The highest BCUT2D eigenvalue weighted by atomic mass is 16.3. The molecule has 1 heterocycles. The van der Waals surface area contributed by atoms with E-state index in [2.05, 4.69) is 13.8 Å². The van der Waals surface area contributed by atoms with Crippen LogP contribution in [0.3, 0.4) is 0 Å². The number of nitrogens with zero attached hydrogens (tertiary/aromatic N) is 2. The first kappa shape index (κ1) is 17.3. The first-order valence-corrected chi connectivity index (χ1v) is 7.61. The van der Waals surface area contributed by atoms with E-state index in [-0.39, 0.29) is 33.6 Å². The molecule has 1 N–H and O–H groups in total. The van der Waals surface area contributed by atoms with Gasteiger partial charge in [0.15, 0.2) is 0 Å². The van der Waals surface area contributed by atoms with Crippen molar-refractivity contribution in [3.8, 4) is 0 Å². The number of carbonyl (C=O) groups excluding carboxylic acids is 2. The van der Waals surface area contributed by atoms with Crippen molar-refractivity contribution >= 4 is 11.9 Å². The molecule has 5 heteroatoms. The summed E-state index contributed by atoms with van der Waals surface area (Å²) in [6, 6.07) is -0.285. The summed E-state index contributed by atoms with van der Waals surface area (Å²) in [4.78, 5) is 25.5. The molecule has 3 amide bonds. The highest BCUT2D eigenvalue weighted by molar-refractivity contribution is 5.89. The molecule has 0 aromatic carbocycles. The number of urea groups is 1. The summed E-state index contributed by atoms with van der Waals surface area (Å²) in [5.41, 5.74) is 0. The maximum Gasteiger partial charge on any atom is 0.522 e. The quantitative estimate of drug-likeness (QED) is 0.441. The van der Waals surface area contributed by atoms with Gasteiger partial charge in [-0.2, -0.15) is 9.28 Å². The van der Waals surface area contributed by atoms with Crippen molar-refractivity contribution < 1.29 is 23.7 Å². The molecule has 0 spiro atoms. The molecule has 1 rings (SSSR count). The van der Waals surface area contributed by atoms with Crippen LogP contribution in [0.5, 0.6) is 0 Å². The highest BCUT2D eigenvalue weighted by Crippen LogP contribution is 2.32. The number of imide groups is 1. The molecule has 0 aromatic heterocycles. The van der Waals surface area contributed by atoms with Crippen LogP contribution in [0, 0.1) is 5.92 Å². The second-order valence-electron chi connectivity index (χ2n) is 6.78. The molecule has 0 radical (unpaired) electrons. The van der Waals surface area contributed by atoms with E-state index in [1.54, 1.807) is 7.05 Å². The highest BCUT2D eigenvalue weighted by Gasteiger charge is 2.66. The summed E-state index contributed by atoms with van der Waals surface area (Å²) < 4.78 is 0.0585. The minimum atomic E-state index is -0.275. The molecule has 1 saturated heterocycles. The molecule has 116 valence electrons. The zero-order valence-electron chi connectivity index (χ0n) is 13.6. The molecule has 5 nitrogen and oxygen atoms in total. The number of amides is 3. The van der Waals surface area contributed by atoms with Gasteiger partial charge in [0.05, 0.1) is 21.1 Å². The lowest BCUT2D eigenvalue weighted by molar-refractivity contribution is -0.878. The minimum absolute atomic E-state index is 0.00991. The fourth-order valence-corrected chi connectivity index (χ4v) is 3.22. The van der Waals surface area contributed by atoms with E-state index < -0.39 is 0 Å². The van der Waals surface area contributed by atoms with Crippen molar-refractivity contribution in [2.75, 3.05) is 34.3 Å². The van der Waals surface area contributed by atoms with Gasteiger partial charge in [0.1, 0.15) is 6.54 Å². The number of aliphatic hydroxyl groups excluding tert-OH is 1. The van der Waals surface area contributed by atoms with Crippen molar-refractivity contribution in [3.05, 3.63) is 0 Å². The smallest absolute Gasteiger partial charge is 0.396 e. The standard InChI is InChI=1S/C15H30N2O3/c1-6-12(2)11-17(5)14(19)13(9-7-8-10-18)16(3,4)15(17)20/h12-13,18H,6-11H2,1-5H3/q+2. The average molecular weight is 286 g/mol. The lowest BCUT2D eigenvalue weighted by atomic mass is 10.1. The Kier molecular flexibility index (Phi) is 5.46. The first-order valence-electron chi connectivity index (χ1n) is 7.61. The summed E-state index contributed by atoms with van der Waals surface area (Å²) in [6.07, 6.45) is 3.11. The monoisotopic (exact) mass is 286 g/mol. The van der Waals surface area contributed by atoms with Gasteiger partial charge in [0.25, 0.3) is 0 Å². The molecular weight excluding hydrogens is 256 g/mol. The van der Waals surface area contributed by atoms with Crippen LogP contribution in [0.25, 0.3) is 0 Å². The number of likely N-dealkylation sites (N-methyl/N-ethyl adjacent to an activating group) is 2. The van der Waals surface area contributed by atoms with Crippen LogP contribution < -0.4 is 0 Å². The minimum Gasteiger partial charge on any atom is -0.396 e. The largest absolute Gasteiger partial charge is 0.522 e. The number of carbonyl (C=O) groups is 2. The summed E-state index contributed by atoms with van der Waals surface area (Å²) in [6.45, 7) is 4.90. The van der Waals surface area contributed by atoms with Gasteiger partial charge in [-0.05, 0) is 19.3 Å². The lowest BCUT2D eigenvalue weighted by Crippen LogP contribution is -2.55. The topological polar surface area (TPSA) is 54.4 Å². The van der Waals surface area contributed by atoms with E-state index in [1.165, 1.54) is 0 Å². The van der Waals surface area contributed by atoms with Crippen molar-refractivity contribution in [3.63, 3.8) is 0 Å². The molecule has 0 aromatic rings. The molecule has 3 unspecified atom stereocenters. The number of unbranched alkanes of at least 4 members (excludes halogenated alkanes) is 1. The van der Waals surface area contributed by atoms with E-state index in [1.807, 2.05) is 14.1 Å². The van der Waals surface area contributed by atoms with Crippen molar-refractivity contribution in [2.45, 2.75) is 45.6 Å². The molecule has 0 saturated carbocycles. The fourth-order valence-electron chi connectivity index (χ4n) is 3.22. The fraction of sp³-hybridized carbons (Fsp3) is 0.867. The van der Waals surface area contributed by atoms with Gasteiger partial charge in [-0.25, -0.2) is 4.79 Å². The Morgan fingerprint density at radius 1 is 1.20 bits per heavy atom. The summed E-state index contributed by atoms with van der Waals surface area (Å²) >= 11 is 0. The molecule has 1 aliphatic heterocycles. The van der Waals surface area contributed by atoms with Crippen LogP contribution in [-0.2, 0) is 4.79 Å². The van der Waals surface area contributed by atoms with Crippen molar-refractivity contribution in [2.24, 2.45) is 5.92 Å². The first-order chi connectivity index (χ1) is 9.21. The predicted molar refractivity (Wildman–Crippen MR) is 77.7 cm³/mol. The molecular formula is C15H30N2O3+2. The van der Waals surface area contributed by atoms with Gasteiger partial charge in [0.2, 0.25) is 6.04 Å². The molecule has 0 bridgehead atoms. The Bertz CT molecular complexity index is 381. The van der Waals surface area contributed by atoms with E-state index in [9.17, 15) is 9.59 Å². The zero-order chi connectivity index (χ0) is 15.6. The van der Waals surface area contributed by atoms with Crippen molar-refractivity contribution in [1.29, 1.82) is 0 Å². The number of aliphatic hydroxyl groups is 1. The number of quaternary nitrogens is 2. The second kappa shape index (κ2) is 6.33. The van der Waals surface area contributed by atoms with Gasteiger partial charge in [-0.15, -0.1) is 4.48 Å². The van der Waals surface area contributed by atoms with Crippen LogP contribution >= 0.6 is 0 Å². The van der Waals surface area contributed by atoms with Crippen LogP contribution in [-0.4, -0.2) is 66.3 Å². The van der Waals surface area contributed by atoms with Gasteiger partial charge in [-0.1, -0.05) is 13.8 Å². The van der Waals surface area contributed by atoms with Crippen LogP contribution in [0.1, 0.15) is 39.5 Å². The molecule has 1 aliphatic rings. The maximum absolute atomic E-state index is 12.8. The Labute approximate surface area is 122 Å². The van der Waals surface area contributed by atoms with Crippen molar-refractivity contribution in [1.82, 2.24) is 0 Å². The second-order valence-corrected chi connectivity index (χ2v) is 6.78. The predicted octanol–water partition coefficient (Wildman–Crippen LogP) is 1.75. The van der Waals surface area contributed by atoms with Crippen LogP contribution in [0.4, 0.5) is 4.79 Å². The Morgan fingerprint density at radius 3 is 2.30 bits per heavy atom. The SMILES string of the molecule is CCC(C)C[N+]1(C)C(=O)C(CCCCO)[N+](C)(C)C1=O. The Morgan fingerprint density at radius 2 is 1.80 bits per heavy atom. The number of rotatable bonds is 7. The molecule has 3 atom stereocenters. The van der Waals surface area contributed by atoms with Gasteiger partial charge >= 0.3 is 11.9 Å². The van der Waals surface area contributed by atoms with Gasteiger partial charge < -0.3 is 5.11 Å². The third-order valence-corrected chi connectivity index (χ3v) is 4.73. The summed E-state index contributed by atoms with van der Waals surface area (Å²) in [5, 5.41) is 8.88. The number of hydrogen-bond donors (Lipinski definition) is 1. The van der Waals surface area contributed by atoms with Gasteiger partial charge in [-0.3, -0.25) is 0 Å². The van der Waals surface area contributed by atoms with E-state index >= 15 is 0 Å². The van der Waals surface area contributed by atoms with E-state index in [4.69, 9.17) is 5.11 Å². The average Bonchev–Trinajstić information content (AvgIpc) is 2.51. The lowest BCUT2D eigenvalue weighted by Gasteiger charge is -2.25. The Hall–Kier alpha value is -0.780. The van der Waals surface area contributed by atoms with E-state index in [0.29, 0.717) is 25.3 Å². The molecule has 20 heavy (non-hydrogen) atoms. The number of hydrogen-bond acceptors (Lipinski definition) is 3. The molecule has 1 fully saturated rings. The van der Waals surface area contributed by atoms with Crippen LogP contribution in [0.2, 0.25) is 0 Å². The third-order valence-electron chi connectivity index (χ3n) is 4.73. The molecule has 0 aliphatic carbocycles. The third kappa shape index (κ3) is 2.95.